The number of nitrogens with zero attached hydrogens (tertiary/aromatic N) is 2. The van der Waals surface area contributed by atoms with Crippen LogP contribution in [0.1, 0.15) is 36.6 Å². The topological polar surface area (TPSA) is 96.0 Å². The van der Waals surface area contributed by atoms with Gasteiger partial charge in [-0.25, -0.2) is 18.1 Å². The van der Waals surface area contributed by atoms with Gasteiger partial charge in [0.25, 0.3) is 0 Å². The second-order valence-corrected chi connectivity index (χ2v) is 9.52. The van der Waals surface area contributed by atoms with Crippen molar-refractivity contribution in [2.45, 2.75) is 38.5 Å². The summed E-state index contributed by atoms with van der Waals surface area (Å²) < 4.78 is 27.6. The molecule has 3 N–H and O–H groups in total. The molecule has 0 aliphatic carbocycles. The number of rotatable bonds is 9. The zero-order valence-corrected chi connectivity index (χ0v) is 19.1. The van der Waals surface area contributed by atoms with Crippen molar-refractivity contribution in [3.8, 4) is 0 Å². The molecule has 0 radical (unpaired) electrons. The molecule has 0 spiro atoms. The Morgan fingerprint density at radius 3 is 2.23 bits per heavy atom. The molecule has 0 saturated heterocycles. The van der Waals surface area contributed by atoms with Gasteiger partial charge >= 0.3 is 0 Å². The molecule has 0 bridgehead atoms. The molecule has 0 aliphatic heterocycles. The molecule has 8 heteroatoms. The molecule has 0 atom stereocenters. The Kier molecular flexibility index (Phi) is 7.25. The molecule has 0 saturated carbocycles. The average Bonchev–Trinajstić information content (AvgIpc) is 2.73. The van der Waals surface area contributed by atoms with E-state index in [4.69, 9.17) is 0 Å². The molecular weight excluding hydrogens is 410 g/mol. The summed E-state index contributed by atoms with van der Waals surface area (Å²) >= 11 is 0. The van der Waals surface area contributed by atoms with Gasteiger partial charge in [-0.1, -0.05) is 43.7 Å². The molecule has 0 amide bonds. The van der Waals surface area contributed by atoms with E-state index in [1.165, 1.54) is 5.56 Å². The fraction of sp³-hybridized carbons (Fsp3) is 0.304. The van der Waals surface area contributed by atoms with Crippen LogP contribution in [0.5, 0.6) is 0 Å². The maximum absolute atomic E-state index is 12.5. The standard InChI is InChI=1S/C23H29N5O2S/c1-16(2)19-7-11-21(12-8-19)31(29,30)25-14-13-24-23-26-18(4)15-22(28-23)27-20-9-5-17(3)6-10-20/h5-12,15-16,25H,13-14H2,1-4H3,(H2,24,26,27,28). The number of benzene rings is 2. The average molecular weight is 440 g/mol. The maximum atomic E-state index is 12.5. The van der Waals surface area contributed by atoms with Crippen molar-refractivity contribution >= 4 is 27.5 Å². The van der Waals surface area contributed by atoms with Crippen LogP contribution in [0.2, 0.25) is 0 Å². The highest BCUT2D eigenvalue weighted by Crippen LogP contribution is 2.18. The number of anilines is 3. The van der Waals surface area contributed by atoms with Crippen molar-refractivity contribution in [3.63, 3.8) is 0 Å². The highest BCUT2D eigenvalue weighted by atomic mass is 32.2. The van der Waals surface area contributed by atoms with Crippen LogP contribution in [0.15, 0.2) is 59.5 Å². The number of aryl methyl sites for hydroxylation is 2. The van der Waals surface area contributed by atoms with E-state index in [1.54, 1.807) is 12.1 Å². The molecule has 31 heavy (non-hydrogen) atoms. The summed E-state index contributed by atoms with van der Waals surface area (Å²) in [4.78, 5) is 9.09. The first-order valence-electron chi connectivity index (χ1n) is 10.3. The third-order valence-corrected chi connectivity index (χ3v) is 6.21. The maximum Gasteiger partial charge on any atom is 0.240 e. The summed E-state index contributed by atoms with van der Waals surface area (Å²) in [6.45, 7) is 8.64. The number of sulfonamides is 1. The molecule has 7 nitrogen and oxygen atoms in total. The van der Waals surface area contributed by atoms with Gasteiger partial charge in [0.1, 0.15) is 5.82 Å². The molecule has 164 valence electrons. The van der Waals surface area contributed by atoms with Gasteiger partial charge in [0.2, 0.25) is 16.0 Å². The molecule has 0 fully saturated rings. The molecule has 3 aromatic rings. The number of hydrogen-bond acceptors (Lipinski definition) is 6. The van der Waals surface area contributed by atoms with Gasteiger partial charge in [0.15, 0.2) is 0 Å². The van der Waals surface area contributed by atoms with Crippen LogP contribution >= 0.6 is 0 Å². The molecule has 1 aromatic heterocycles. The highest BCUT2D eigenvalue weighted by Gasteiger charge is 2.13. The molecular formula is C23H29N5O2S. The largest absolute Gasteiger partial charge is 0.353 e. The monoisotopic (exact) mass is 439 g/mol. The van der Waals surface area contributed by atoms with Gasteiger partial charge in [-0.05, 0) is 49.6 Å². The minimum atomic E-state index is -3.56. The van der Waals surface area contributed by atoms with Crippen molar-refractivity contribution in [2.24, 2.45) is 0 Å². The van der Waals surface area contributed by atoms with E-state index >= 15 is 0 Å². The zero-order valence-electron chi connectivity index (χ0n) is 18.3. The summed E-state index contributed by atoms with van der Waals surface area (Å²) in [7, 11) is -3.56. The third-order valence-electron chi connectivity index (χ3n) is 4.74. The SMILES string of the molecule is Cc1ccc(Nc2cc(C)nc(NCCNS(=O)(=O)c3ccc(C(C)C)cc3)n2)cc1. The Balaban J connectivity index is 1.56. The summed E-state index contributed by atoms with van der Waals surface area (Å²) in [5, 5.41) is 6.34. The van der Waals surface area contributed by atoms with Crippen LogP contribution in [-0.4, -0.2) is 31.5 Å². The number of aromatic nitrogens is 2. The zero-order chi connectivity index (χ0) is 22.4. The third kappa shape index (κ3) is 6.50. The van der Waals surface area contributed by atoms with Gasteiger partial charge in [-0.15, -0.1) is 0 Å². The van der Waals surface area contributed by atoms with Crippen LogP contribution in [0.4, 0.5) is 17.5 Å². The lowest BCUT2D eigenvalue weighted by Crippen LogP contribution is -2.29. The quantitative estimate of drug-likeness (QED) is 0.429. The van der Waals surface area contributed by atoms with Gasteiger partial charge in [-0.2, -0.15) is 4.98 Å². The summed E-state index contributed by atoms with van der Waals surface area (Å²) in [6, 6.07) is 16.9. The number of nitrogens with one attached hydrogen (secondary N) is 3. The van der Waals surface area contributed by atoms with Crippen molar-refractivity contribution in [1.82, 2.24) is 14.7 Å². The first-order valence-corrected chi connectivity index (χ1v) is 11.7. The van der Waals surface area contributed by atoms with Gasteiger partial charge in [0.05, 0.1) is 4.90 Å². The van der Waals surface area contributed by atoms with E-state index < -0.39 is 10.0 Å². The van der Waals surface area contributed by atoms with Crippen LogP contribution in [0.3, 0.4) is 0 Å². The van der Waals surface area contributed by atoms with E-state index in [-0.39, 0.29) is 11.4 Å². The van der Waals surface area contributed by atoms with Gasteiger partial charge < -0.3 is 10.6 Å². The summed E-state index contributed by atoms with van der Waals surface area (Å²) in [5.41, 5.74) is 4.03. The Bertz CT molecular complexity index is 1110. The first-order chi connectivity index (χ1) is 14.7. The minimum absolute atomic E-state index is 0.215. The van der Waals surface area contributed by atoms with Crippen molar-refractivity contribution in [1.29, 1.82) is 0 Å². The molecule has 3 rings (SSSR count). The Labute approximate surface area is 184 Å². The predicted octanol–water partition coefficient (Wildman–Crippen LogP) is 4.35. The van der Waals surface area contributed by atoms with Crippen molar-refractivity contribution in [2.75, 3.05) is 23.7 Å². The molecule has 1 heterocycles. The highest BCUT2D eigenvalue weighted by molar-refractivity contribution is 7.89. The van der Waals surface area contributed by atoms with Crippen molar-refractivity contribution in [3.05, 3.63) is 71.4 Å². The van der Waals surface area contributed by atoms with Gasteiger partial charge in [-0.3, -0.25) is 0 Å². The van der Waals surface area contributed by atoms with Crippen LogP contribution < -0.4 is 15.4 Å². The van der Waals surface area contributed by atoms with Crippen LogP contribution in [0.25, 0.3) is 0 Å². The second kappa shape index (κ2) is 9.89. The van der Waals surface area contributed by atoms with E-state index in [9.17, 15) is 8.42 Å². The Hall–Kier alpha value is -2.97. The Morgan fingerprint density at radius 1 is 0.903 bits per heavy atom. The summed E-state index contributed by atoms with van der Waals surface area (Å²) in [5.74, 6) is 1.47. The first kappa shape index (κ1) is 22.7. The van der Waals surface area contributed by atoms with Crippen LogP contribution in [0, 0.1) is 13.8 Å². The van der Waals surface area contributed by atoms with E-state index in [0.717, 1.165) is 16.9 Å². The lowest BCUT2D eigenvalue weighted by Gasteiger charge is -2.11. The predicted molar refractivity (Wildman–Crippen MR) is 125 cm³/mol. The fourth-order valence-corrected chi connectivity index (χ4v) is 4.00. The minimum Gasteiger partial charge on any atom is -0.353 e. The smallest absolute Gasteiger partial charge is 0.240 e. The normalized spacial score (nSPS) is 11.5. The molecule has 0 aliphatic rings. The van der Waals surface area contributed by atoms with E-state index in [0.29, 0.717) is 24.2 Å². The number of hydrogen-bond donors (Lipinski definition) is 3. The van der Waals surface area contributed by atoms with Gasteiger partial charge in [0, 0.05) is 30.5 Å². The van der Waals surface area contributed by atoms with Crippen molar-refractivity contribution < 1.29 is 8.42 Å². The second-order valence-electron chi connectivity index (χ2n) is 7.76. The molecule has 2 aromatic carbocycles. The molecule has 0 unspecified atom stereocenters. The van der Waals surface area contributed by atoms with E-state index in [2.05, 4.69) is 39.2 Å². The fourth-order valence-electron chi connectivity index (χ4n) is 2.97. The van der Waals surface area contributed by atoms with Crippen LogP contribution in [-0.2, 0) is 10.0 Å². The lowest BCUT2D eigenvalue weighted by atomic mass is 10.0. The summed E-state index contributed by atoms with van der Waals surface area (Å²) in [6.07, 6.45) is 0. The van der Waals surface area contributed by atoms with E-state index in [1.807, 2.05) is 56.3 Å². The lowest BCUT2D eigenvalue weighted by molar-refractivity contribution is 0.582. The Morgan fingerprint density at radius 2 is 1.58 bits per heavy atom.